The van der Waals surface area contributed by atoms with Gasteiger partial charge in [0.1, 0.15) is 0 Å². The lowest BCUT2D eigenvalue weighted by Crippen LogP contribution is -2.49. The Balaban J connectivity index is 0.00000182. The average molecular weight is 363 g/mol. The summed E-state index contributed by atoms with van der Waals surface area (Å²) in [6, 6.07) is 11.0. The van der Waals surface area contributed by atoms with Gasteiger partial charge in [-0.15, -0.1) is 12.4 Å². The Morgan fingerprint density at radius 3 is 2.44 bits per heavy atom. The molecule has 1 aliphatic heterocycles. The molecule has 3 aliphatic rings. The number of halogens is 1. The molecule has 4 rings (SSSR count). The molecule has 0 aromatic heterocycles. The fourth-order valence-corrected chi connectivity index (χ4v) is 5.47. The Labute approximate surface area is 157 Å². The molecule has 2 aliphatic carbocycles. The molecule has 4 heteroatoms. The minimum Gasteiger partial charge on any atom is -0.342 e. The van der Waals surface area contributed by atoms with E-state index in [1.54, 1.807) is 0 Å². The lowest BCUT2D eigenvalue weighted by Gasteiger charge is -2.44. The second-order valence-electron chi connectivity index (χ2n) is 8.63. The van der Waals surface area contributed by atoms with E-state index in [9.17, 15) is 4.79 Å². The summed E-state index contributed by atoms with van der Waals surface area (Å²) in [6.45, 7) is 4.08. The third-order valence-electron chi connectivity index (χ3n) is 7.02. The van der Waals surface area contributed by atoms with Gasteiger partial charge in [-0.05, 0) is 49.5 Å². The van der Waals surface area contributed by atoms with Gasteiger partial charge in [0.05, 0.1) is 0 Å². The van der Waals surface area contributed by atoms with Gasteiger partial charge in [0.15, 0.2) is 0 Å². The van der Waals surface area contributed by atoms with Gasteiger partial charge >= 0.3 is 0 Å². The van der Waals surface area contributed by atoms with Crippen LogP contribution in [0.1, 0.15) is 51.0 Å². The maximum atomic E-state index is 13.1. The molecule has 1 amide bonds. The van der Waals surface area contributed by atoms with Crippen molar-refractivity contribution in [3.8, 4) is 0 Å². The zero-order chi connectivity index (χ0) is 16.7. The number of fused-ring (bicyclic) bond motifs is 2. The Morgan fingerprint density at radius 2 is 1.80 bits per heavy atom. The predicted octanol–water partition coefficient (Wildman–Crippen LogP) is 3.75. The molecule has 1 heterocycles. The molecular weight excluding hydrogens is 332 g/mol. The van der Waals surface area contributed by atoms with Crippen LogP contribution in [0.3, 0.4) is 0 Å². The lowest BCUT2D eigenvalue weighted by molar-refractivity contribution is -0.137. The van der Waals surface area contributed by atoms with Crippen LogP contribution in [-0.2, 0) is 10.2 Å². The molecule has 1 aromatic rings. The Kier molecular flexibility index (Phi) is 5.45. The maximum Gasteiger partial charge on any atom is 0.225 e. The van der Waals surface area contributed by atoms with E-state index in [-0.39, 0.29) is 23.7 Å². The average Bonchev–Trinajstić information content (AvgIpc) is 2.98. The van der Waals surface area contributed by atoms with E-state index in [1.165, 1.54) is 24.8 Å². The number of benzene rings is 1. The second-order valence-corrected chi connectivity index (χ2v) is 8.63. The molecule has 0 spiro atoms. The first-order valence-electron chi connectivity index (χ1n) is 9.67. The highest BCUT2D eigenvalue weighted by molar-refractivity contribution is 5.85. The predicted molar refractivity (Wildman–Crippen MR) is 104 cm³/mol. The van der Waals surface area contributed by atoms with Crippen molar-refractivity contribution in [3.05, 3.63) is 35.9 Å². The number of likely N-dealkylation sites (tertiary alicyclic amines) is 1. The van der Waals surface area contributed by atoms with Crippen LogP contribution >= 0.6 is 12.4 Å². The van der Waals surface area contributed by atoms with Crippen LogP contribution < -0.4 is 5.73 Å². The summed E-state index contributed by atoms with van der Waals surface area (Å²) >= 11 is 0. The normalized spacial score (nSPS) is 37.4. The molecule has 1 saturated heterocycles. The van der Waals surface area contributed by atoms with Crippen molar-refractivity contribution in [3.63, 3.8) is 0 Å². The molecule has 2 saturated carbocycles. The third-order valence-corrected chi connectivity index (χ3v) is 7.02. The minimum absolute atomic E-state index is 0. The quantitative estimate of drug-likeness (QED) is 0.870. The summed E-state index contributed by atoms with van der Waals surface area (Å²) in [5.74, 6) is 1.78. The molecule has 3 nitrogen and oxygen atoms in total. The summed E-state index contributed by atoms with van der Waals surface area (Å²) in [4.78, 5) is 15.3. The summed E-state index contributed by atoms with van der Waals surface area (Å²) in [5, 5.41) is 0. The van der Waals surface area contributed by atoms with Gasteiger partial charge in [-0.2, -0.15) is 0 Å². The topological polar surface area (TPSA) is 46.3 Å². The van der Waals surface area contributed by atoms with Crippen LogP contribution in [0.5, 0.6) is 0 Å². The van der Waals surface area contributed by atoms with Crippen LogP contribution in [0.4, 0.5) is 0 Å². The third kappa shape index (κ3) is 3.46. The number of nitrogens with two attached hydrogens (primary N) is 1. The molecule has 3 fully saturated rings. The zero-order valence-electron chi connectivity index (χ0n) is 15.2. The van der Waals surface area contributed by atoms with Gasteiger partial charge in [0, 0.05) is 30.5 Å². The van der Waals surface area contributed by atoms with Gasteiger partial charge in [-0.1, -0.05) is 43.7 Å². The van der Waals surface area contributed by atoms with E-state index in [0.29, 0.717) is 23.8 Å². The van der Waals surface area contributed by atoms with Gasteiger partial charge in [0.2, 0.25) is 5.91 Å². The van der Waals surface area contributed by atoms with Gasteiger partial charge < -0.3 is 10.6 Å². The molecule has 3 unspecified atom stereocenters. The monoisotopic (exact) mass is 362 g/mol. The standard InChI is InChI=1S/C21H30N2O.ClH/c1-21(18-8-3-2-4-9-18)10-11-23(14-21)20(24)17-12-15-6-5-7-16(13-17)19(15)22;/h2-4,8-9,15-17,19H,5-7,10-14,22H2,1H3;1H. The molecule has 3 atom stereocenters. The number of nitrogens with zero attached hydrogens (tertiary/aromatic N) is 1. The van der Waals surface area contributed by atoms with E-state index in [2.05, 4.69) is 42.2 Å². The highest BCUT2D eigenvalue weighted by atomic mass is 35.5. The number of amides is 1. The zero-order valence-corrected chi connectivity index (χ0v) is 16.0. The first kappa shape index (κ1) is 18.7. The minimum atomic E-state index is 0. The molecule has 2 bridgehead atoms. The van der Waals surface area contributed by atoms with Crippen molar-refractivity contribution in [2.24, 2.45) is 23.5 Å². The fraction of sp³-hybridized carbons (Fsp3) is 0.667. The summed E-state index contributed by atoms with van der Waals surface area (Å²) in [7, 11) is 0. The summed E-state index contributed by atoms with van der Waals surface area (Å²) < 4.78 is 0. The highest BCUT2D eigenvalue weighted by Gasteiger charge is 2.44. The van der Waals surface area contributed by atoms with Crippen LogP contribution in [0.25, 0.3) is 0 Å². The van der Waals surface area contributed by atoms with Crippen molar-refractivity contribution < 1.29 is 4.79 Å². The Bertz CT molecular complexity index is 593. The Morgan fingerprint density at radius 1 is 1.16 bits per heavy atom. The summed E-state index contributed by atoms with van der Waals surface area (Å²) in [5.41, 5.74) is 7.87. The lowest BCUT2D eigenvalue weighted by atomic mass is 9.65. The molecule has 1 aromatic carbocycles. The largest absolute Gasteiger partial charge is 0.342 e. The van der Waals surface area contributed by atoms with Crippen LogP contribution in [0.15, 0.2) is 30.3 Å². The number of hydrogen-bond acceptors (Lipinski definition) is 2. The van der Waals surface area contributed by atoms with E-state index in [0.717, 1.165) is 32.4 Å². The van der Waals surface area contributed by atoms with Crippen molar-refractivity contribution in [1.29, 1.82) is 0 Å². The number of carbonyl (C=O) groups is 1. The molecule has 0 radical (unpaired) electrons. The number of carbonyl (C=O) groups excluding carboxylic acids is 1. The smallest absolute Gasteiger partial charge is 0.225 e. The molecular formula is C21H31ClN2O. The van der Waals surface area contributed by atoms with Crippen LogP contribution in [0, 0.1) is 17.8 Å². The number of hydrogen-bond donors (Lipinski definition) is 1. The maximum absolute atomic E-state index is 13.1. The highest BCUT2D eigenvalue weighted by Crippen LogP contribution is 2.43. The van der Waals surface area contributed by atoms with E-state index in [1.807, 2.05) is 0 Å². The van der Waals surface area contributed by atoms with Crippen molar-refractivity contribution in [2.75, 3.05) is 13.1 Å². The van der Waals surface area contributed by atoms with Crippen LogP contribution in [0.2, 0.25) is 0 Å². The van der Waals surface area contributed by atoms with Crippen LogP contribution in [-0.4, -0.2) is 29.9 Å². The van der Waals surface area contributed by atoms with E-state index < -0.39 is 0 Å². The van der Waals surface area contributed by atoms with Crippen molar-refractivity contribution in [2.45, 2.75) is 56.9 Å². The molecule has 25 heavy (non-hydrogen) atoms. The van der Waals surface area contributed by atoms with Gasteiger partial charge in [-0.3, -0.25) is 4.79 Å². The first-order valence-corrected chi connectivity index (χ1v) is 9.67. The fourth-order valence-electron chi connectivity index (χ4n) is 5.47. The van der Waals surface area contributed by atoms with Gasteiger partial charge in [-0.25, -0.2) is 0 Å². The SMILES string of the molecule is CC1(c2ccccc2)CCN(C(=O)C2CC3CCCC(C2)C3N)C1.Cl. The molecule has 2 N–H and O–H groups in total. The van der Waals surface area contributed by atoms with Crippen molar-refractivity contribution in [1.82, 2.24) is 4.90 Å². The second kappa shape index (κ2) is 7.28. The summed E-state index contributed by atoms with van der Waals surface area (Å²) in [6.07, 6.45) is 6.87. The Hall–Kier alpha value is -1.06. The first-order chi connectivity index (χ1) is 11.6. The van der Waals surface area contributed by atoms with E-state index >= 15 is 0 Å². The van der Waals surface area contributed by atoms with Gasteiger partial charge in [0.25, 0.3) is 0 Å². The van der Waals surface area contributed by atoms with Crippen molar-refractivity contribution >= 4 is 18.3 Å². The molecule has 138 valence electrons. The number of rotatable bonds is 2. The van der Waals surface area contributed by atoms with E-state index in [4.69, 9.17) is 5.73 Å².